The van der Waals surface area contributed by atoms with Gasteiger partial charge in [-0.25, -0.2) is 9.78 Å². The van der Waals surface area contributed by atoms with Gasteiger partial charge < -0.3 is 9.67 Å². The van der Waals surface area contributed by atoms with Crippen molar-refractivity contribution in [3.8, 4) is 0 Å². The molecule has 0 aliphatic heterocycles. The van der Waals surface area contributed by atoms with Gasteiger partial charge in [-0.05, 0) is 6.42 Å². The Morgan fingerprint density at radius 3 is 3.00 bits per heavy atom. The van der Waals surface area contributed by atoms with Crippen LogP contribution in [-0.2, 0) is 4.79 Å². The largest absolute Gasteiger partial charge is 0.480 e. The topological polar surface area (TPSA) is 72.2 Å². The molecule has 5 heteroatoms. The van der Waals surface area contributed by atoms with Crippen molar-refractivity contribution in [1.82, 2.24) is 9.55 Å². The number of carboxylic acids is 1. The van der Waals surface area contributed by atoms with Gasteiger partial charge in [-0.1, -0.05) is 6.92 Å². The van der Waals surface area contributed by atoms with Crippen molar-refractivity contribution >= 4 is 12.3 Å². The van der Waals surface area contributed by atoms with E-state index in [9.17, 15) is 9.59 Å². The predicted molar refractivity (Wildman–Crippen MR) is 44.6 cm³/mol. The Hall–Kier alpha value is -1.65. The van der Waals surface area contributed by atoms with E-state index in [1.54, 1.807) is 6.92 Å². The molecule has 0 bridgehead atoms. The van der Waals surface area contributed by atoms with Crippen LogP contribution in [0.3, 0.4) is 0 Å². The maximum atomic E-state index is 10.7. The van der Waals surface area contributed by atoms with Crippen molar-refractivity contribution < 1.29 is 14.7 Å². The highest BCUT2D eigenvalue weighted by atomic mass is 16.4. The third kappa shape index (κ3) is 1.74. The molecule has 70 valence electrons. The molecule has 1 aromatic rings. The minimum absolute atomic E-state index is 0.147. The number of carboxylic acid groups (broad SMARTS) is 1. The number of aldehydes is 1. The molecule has 1 N–H and O–H groups in total. The average molecular weight is 182 g/mol. The zero-order valence-electron chi connectivity index (χ0n) is 7.17. The molecule has 1 rings (SSSR count). The maximum Gasteiger partial charge on any atom is 0.326 e. The number of imidazole rings is 1. The molecule has 0 aliphatic rings. The Labute approximate surface area is 75.0 Å². The fourth-order valence-electron chi connectivity index (χ4n) is 1.17. The predicted octanol–water partition coefficient (Wildman–Crippen LogP) is 0.731. The summed E-state index contributed by atoms with van der Waals surface area (Å²) < 4.78 is 1.36. The minimum atomic E-state index is -0.955. The van der Waals surface area contributed by atoms with Gasteiger partial charge in [0.1, 0.15) is 6.04 Å². The first-order valence-electron chi connectivity index (χ1n) is 3.91. The summed E-state index contributed by atoms with van der Waals surface area (Å²) in [7, 11) is 0. The molecular weight excluding hydrogens is 172 g/mol. The Kier molecular flexibility index (Phi) is 2.79. The lowest BCUT2D eigenvalue weighted by Gasteiger charge is -2.11. The van der Waals surface area contributed by atoms with Crippen LogP contribution in [0.5, 0.6) is 0 Å². The number of aliphatic carboxylic acids is 1. The number of hydrogen-bond acceptors (Lipinski definition) is 3. The number of nitrogens with zero attached hydrogens (tertiary/aromatic N) is 2. The summed E-state index contributed by atoms with van der Waals surface area (Å²) in [6.07, 6.45) is 3.87. The molecule has 0 amide bonds. The number of aromatic nitrogens is 2. The fraction of sp³-hybridized carbons (Fsp3) is 0.375. The van der Waals surface area contributed by atoms with Crippen LogP contribution in [-0.4, -0.2) is 26.9 Å². The van der Waals surface area contributed by atoms with Crippen molar-refractivity contribution in [2.75, 3.05) is 0 Å². The number of rotatable bonds is 4. The molecule has 0 saturated carbocycles. The average Bonchev–Trinajstić information content (AvgIpc) is 2.53. The number of carbonyl (C=O) groups excluding carboxylic acids is 1. The van der Waals surface area contributed by atoms with E-state index in [4.69, 9.17) is 5.11 Å². The van der Waals surface area contributed by atoms with E-state index in [-0.39, 0.29) is 5.82 Å². The Bertz CT molecular complexity index is 319. The quantitative estimate of drug-likeness (QED) is 0.697. The number of carbonyl (C=O) groups is 2. The van der Waals surface area contributed by atoms with Crippen LogP contribution in [0, 0.1) is 0 Å². The molecule has 0 aliphatic carbocycles. The lowest BCUT2D eigenvalue weighted by atomic mass is 10.2. The van der Waals surface area contributed by atoms with Gasteiger partial charge >= 0.3 is 5.97 Å². The van der Waals surface area contributed by atoms with Crippen LogP contribution in [0.25, 0.3) is 0 Å². The SMILES string of the molecule is CCC(C(=O)O)n1ccnc1C=O. The molecule has 0 saturated heterocycles. The van der Waals surface area contributed by atoms with Crippen LogP contribution in [0.1, 0.15) is 30.0 Å². The zero-order chi connectivity index (χ0) is 9.84. The Balaban J connectivity index is 3.03. The number of hydrogen-bond donors (Lipinski definition) is 1. The van der Waals surface area contributed by atoms with Crippen molar-refractivity contribution in [1.29, 1.82) is 0 Å². The molecular formula is C8H10N2O3. The first kappa shape index (κ1) is 9.44. The zero-order valence-corrected chi connectivity index (χ0v) is 7.17. The fourth-order valence-corrected chi connectivity index (χ4v) is 1.17. The summed E-state index contributed by atoms with van der Waals surface area (Å²) in [6.45, 7) is 1.74. The molecule has 0 aromatic carbocycles. The van der Waals surface area contributed by atoms with Gasteiger partial charge in [0.15, 0.2) is 12.1 Å². The third-order valence-corrected chi connectivity index (χ3v) is 1.81. The summed E-state index contributed by atoms with van der Waals surface area (Å²) >= 11 is 0. The maximum absolute atomic E-state index is 10.7. The van der Waals surface area contributed by atoms with Crippen LogP contribution in [0.4, 0.5) is 0 Å². The van der Waals surface area contributed by atoms with Gasteiger partial charge in [-0.15, -0.1) is 0 Å². The molecule has 0 fully saturated rings. The standard InChI is InChI=1S/C8H10N2O3/c1-2-6(8(12)13)10-4-3-9-7(10)5-11/h3-6H,2H2,1H3,(H,12,13). The molecule has 1 unspecified atom stereocenters. The second-order valence-corrected chi connectivity index (χ2v) is 2.57. The summed E-state index contributed by atoms with van der Waals surface area (Å²) in [4.78, 5) is 24.9. The third-order valence-electron chi connectivity index (χ3n) is 1.81. The smallest absolute Gasteiger partial charge is 0.326 e. The molecule has 13 heavy (non-hydrogen) atoms. The van der Waals surface area contributed by atoms with Gasteiger partial charge in [0.2, 0.25) is 0 Å². The van der Waals surface area contributed by atoms with Crippen LogP contribution in [0.15, 0.2) is 12.4 Å². The first-order chi connectivity index (χ1) is 6.20. The molecule has 1 atom stereocenters. The lowest BCUT2D eigenvalue weighted by molar-refractivity contribution is -0.141. The van der Waals surface area contributed by atoms with Gasteiger partial charge in [0, 0.05) is 12.4 Å². The van der Waals surface area contributed by atoms with E-state index in [2.05, 4.69) is 4.98 Å². The molecule has 0 radical (unpaired) electrons. The summed E-state index contributed by atoms with van der Waals surface area (Å²) in [5.41, 5.74) is 0. The first-order valence-corrected chi connectivity index (χ1v) is 3.91. The van der Waals surface area contributed by atoms with Crippen molar-refractivity contribution in [2.45, 2.75) is 19.4 Å². The summed E-state index contributed by atoms with van der Waals surface area (Å²) in [6, 6.07) is -0.706. The van der Waals surface area contributed by atoms with Gasteiger partial charge in [0.05, 0.1) is 0 Å². The van der Waals surface area contributed by atoms with E-state index >= 15 is 0 Å². The van der Waals surface area contributed by atoms with Crippen LogP contribution in [0.2, 0.25) is 0 Å². The van der Waals surface area contributed by atoms with Crippen LogP contribution < -0.4 is 0 Å². The highest BCUT2D eigenvalue weighted by molar-refractivity contribution is 5.75. The van der Waals surface area contributed by atoms with E-state index in [1.807, 2.05) is 0 Å². The van der Waals surface area contributed by atoms with E-state index in [0.717, 1.165) is 0 Å². The summed E-state index contributed by atoms with van der Waals surface area (Å²) in [5.74, 6) is -0.808. The lowest BCUT2D eigenvalue weighted by Crippen LogP contribution is -2.19. The van der Waals surface area contributed by atoms with Crippen molar-refractivity contribution in [3.63, 3.8) is 0 Å². The second-order valence-electron chi connectivity index (χ2n) is 2.57. The molecule has 0 spiro atoms. The molecule has 1 heterocycles. The van der Waals surface area contributed by atoms with E-state index in [1.165, 1.54) is 17.0 Å². The van der Waals surface area contributed by atoms with Gasteiger partial charge in [0.25, 0.3) is 0 Å². The van der Waals surface area contributed by atoms with Crippen LogP contribution >= 0.6 is 0 Å². The van der Waals surface area contributed by atoms with Gasteiger partial charge in [-0.3, -0.25) is 4.79 Å². The monoisotopic (exact) mass is 182 g/mol. The second kappa shape index (κ2) is 3.84. The normalized spacial score (nSPS) is 12.4. The van der Waals surface area contributed by atoms with E-state index < -0.39 is 12.0 Å². The molecule has 1 aromatic heterocycles. The Morgan fingerprint density at radius 2 is 2.54 bits per heavy atom. The minimum Gasteiger partial charge on any atom is -0.480 e. The van der Waals surface area contributed by atoms with E-state index in [0.29, 0.717) is 12.7 Å². The Morgan fingerprint density at radius 1 is 1.85 bits per heavy atom. The van der Waals surface area contributed by atoms with Gasteiger partial charge in [-0.2, -0.15) is 0 Å². The summed E-state index contributed by atoms with van der Waals surface area (Å²) in [5, 5.41) is 8.80. The highest BCUT2D eigenvalue weighted by Crippen LogP contribution is 2.12. The highest BCUT2D eigenvalue weighted by Gasteiger charge is 2.19. The van der Waals surface area contributed by atoms with Crippen molar-refractivity contribution in [2.24, 2.45) is 0 Å². The molecule has 5 nitrogen and oxygen atoms in total. The van der Waals surface area contributed by atoms with Crippen molar-refractivity contribution in [3.05, 3.63) is 18.2 Å².